The monoisotopic (exact) mass is 247 g/mol. The minimum absolute atomic E-state index is 0.105. The summed E-state index contributed by atoms with van der Waals surface area (Å²) in [6.45, 7) is 0.629. The highest BCUT2D eigenvalue weighted by atomic mass is 16.3. The van der Waals surface area contributed by atoms with Crippen molar-refractivity contribution in [3.63, 3.8) is 0 Å². The van der Waals surface area contributed by atoms with Gasteiger partial charge >= 0.3 is 0 Å². The molecule has 0 fully saturated rings. The molecule has 1 unspecified atom stereocenters. The first-order valence-corrected chi connectivity index (χ1v) is 6.21. The van der Waals surface area contributed by atoms with Crippen LogP contribution in [-0.4, -0.2) is 22.1 Å². The lowest BCUT2D eigenvalue weighted by Gasteiger charge is -2.16. The molecule has 5 nitrogen and oxygen atoms in total. The number of fused-ring (bicyclic) bond motifs is 1. The molecule has 5 heteroatoms. The second-order valence-electron chi connectivity index (χ2n) is 4.58. The predicted octanol–water partition coefficient (Wildman–Crippen LogP) is 0.888. The third-order valence-corrected chi connectivity index (χ3v) is 3.17. The highest BCUT2D eigenvalue weighted by molar-refractivity contribution is 5.75. The summed E-state index contributed by atoms with van der Waals surface area (Å²) in [7, 11) is 0. The maximum absolute atomic E-state index is 11.6. The van der Waals surface area contributed by atoms with Crippen LogP contribution < -0.4 is 5.32 Å². The van der Waals surface area contributed by atoms with Gasteiger partial charge in [0.05, 0.1) is 18.6 Å². The Bertz CT molecular complexity index is 473. The van der Waals surface area contributed by atoms with E-state index < -0.39 is 6.10 Å². The van der Waals surface area contributed by atoms with Gasteiger partial charge in [0.15, 0.2) is 0 Å². The van der Waals surface area contributed by atoms with Crippen LogP contribution in [0, 0.1) is 11.3 Å². The van der Waals surface area contributed by atoms with Gasteiger partial charge in [0.1, 0.15) is 6.54 Å². The molecule has 1 heterocycles. The molecule has 1 aromatic rings. The second kappa shape index (κ2) is 5.69. The average Bonchev–Trinajstić information content (AvgIpc) is 2.73. The Morgan fingerprint density at radius 3 is 3.17 bits per heavy atom. The number of nitrogens with one attached hydrogen (secondary N) is 1. The summed E-state index contributed by atoms with van der Waals surface area (Å²) in [6, 6.07) is 1.98. The Hall–Kier alpha value is -1.80. The van der Waals surface area contributed by atoms with Crippen LogP contribution in [0.25, 0.3) is 0 Å². The number of hydrogen-bond acceptors (Lipinski definition) is 3. The van der Waals surface area contributed by atoms with Crippen LogP contribution in [0.15, 0.2) is 12.4 Å². The number of aliphatic hydroxyl groups excluding tert-OH is 1. The molecule has 0 saturated carbocycles. The quantitative estimate of drug-likeness (QED) is 0.775. The van der Waals surface area contributed by atoms with E-state index in [4.69, 9.17) is 5.26 Å². The fourth-order valence-corrected chi connectivity index (χ4v) is 2.29. The summed E-state index contributed by atoms with van der Waals surface area (Å²) < 4.78 is 1.81. The molecule has 1 aliphatic carbocycles. The summed E-state index contributed by atoms with van der Waals surface area (Å²) >= 11 is 0. The number of aromatic nitrogens is 1. The second-order valence-corrected chi connectivity index (χ2v) is 4.58. The molecule has 96 valence electrons. The third-order valence-electron chi connectivity index (χ3n) is 3.17. The highest BCUT2D eigenvalue weighted by Gasteiger charge is 2.20. The van der Waals surface area contributed by atoms with Crippen molar-refractivity contribution in [1.29, 1.82) is 5.26 Å². The average molecular weight is 247 g/mol. The molecule has 0 spiro atoms. The van der Waals surface area contributed by atoms with Gasteiger partial charge in [0.25, 0.3) is 0 Å². The molecular formula is C13H17N3O2. The van der Waals surface area contributed by atoms with E-state index in [2.05, 4.69) is 5.32 Å². The van der Waals surface area contributed by atoms with Gasteiger partial charge in [-0.05, 0) is 24.8 Å². The van der Waals surface area contributed by atoms with Gasteiger partial charge in [-0.1, -0.05) is 0 Å². The van der Waals surface area contributed by atoms with Crippen molar-refractivity contribution in [1.82, 2.24) is 9.88 Å². The molecule has 1 amide bonds. The third kappa shape index (κ3) is 2.90. The number of amides is 1. The van der Waals surface area contributed by atoms with Crippen LogP contribution in [0.3, 0.4) is 0 Å². The fourth-order valence-electron chi connectivity index (χ4n) is 2.29. The van der Waals surface area contributed by atoms with Crippen LogP contribution >= 0.6 is 0 Å². The van der Waals surface area contributed by atoms with Crippen molar-refractivity contribution in [2.45, 2.75) is 38.3 Å². The molecule has 0 aliphatic heterocycles. The molecule has 1 aromatic heterocycles. The molecular weight excluding hydrogens is 230 g/mol. The molecule has 18 heavy (non-hydrogen) atoms. The SMILES string of the molecule is N#CCCNC(=O)Cn1cc2c(c1)C(O)CCC2. The summed E-state index contributed by atoms with van der Waals surface area (Å²) in [4.78, 5) is 11.6. The first-order chi connectivity index (χ1) is 8.70. The van der Waals surface area contributed by atoms with Crippen molar-refractivity contribution in [2.24, 2.45) is 0 Å². The maximum Gasteiger partial charge on any atom is 0.239 e. The van der Waals surface area contributed by atoms with Gasteiger partial charge in [-0.15, -0.1) is 0 Å². The van der Waals surface area contributed by atoms with Gasteiger partial charge < -0.3 is 15.0 Å². The van der Waals surface area contributed by atoms with E-state index in [0.717, 1.165) is 30.4 Å². The van der Waals surface area contributed by atoms with Gasteiger partial charge in [-0.25, -0.2) is 0 Å². The zero-order valence-electron chi connectivity index (χ0n) is 10.2. The first kappa shape index (κ1) is 12.7. The Morgan fingerprint density at radius 1 is 1.61 bits per heavy atom. The lowest BCUT2D eigenvalue weighted by molar-refractivity contribution is -0.121. The van der Waals surface area contributed by atoms with Crippen LogP contribution in [-0.2, 0) is 17.8 Å². The number of hydrogen-bond donors (Lipinski definition) is 2. The molecule has 0 saturated heterocycles. The normalized spacial score (nSPS) is 17.9. The highest BCUT2D eigenvalue weighted by Crippen LogP contribution is 2.29. The zero-order chi connectivity index (χ0) is 13.0. The van der Waals surface area contributed by atoms with E-state index >= 15 is 0 Å². The van der Waals surface area contributed by atoms with Gasteiger partial charge in [0, 0.05) is 24.5 Å². The Kier molecular flexibility index (Phi) is 4.00. The number of aryl methyl sites for hydroxylation is 1. The van der Waals surface area contributed by atoms with Crippen molar-refractivity contribution in [3.8, 4) is 6.07 Å². The van der Waals surface area contributed by atoms with E-state index in [1.165, 1.54) is 0 Å². The van der Waals surface area contributed by atoms with Gasteiger partial charge in [-0.2, -0.15) is 5.26 Å². The summed E-state index contributed by atoms with van der Waals surface area (Å²) in [5.74, 6) is -0.105. The predicted molar refractivity (Wildman–Crippen MR) is 65.6 cm³/mol. The number of carbonyl (C=O) groups is 1. The number of carbonyl (C=O) groups excluding carboxylic acids is 1. The molecule has 1 atom stereocenters. The van der Waals surface area contributed by atoms with E-state index in [0.29, 0.717) is 13.0 Å². The van der Waals surface area contributed by atoms with Crippen LogP contribution in [0.1, 0.15) is 36.5 Å². The first-order valence-electron chi connectivity index (χ1n) is 6.21. The molecule has 1 aliphatic rings. The lowest BCUT2D eigenvalue weighted by Crippen LogP contribution is -2.27. The van der Waals surface area contributed by atoms with Gasteiger partial charge in [0.2, 0.25) is 5.91 Å². The summed E-state index contributed by atoms with van der Waals surface area (Å²) in [5.41, 5.74) is 2.09. The number of nitriles is 1. The topological polar surface area (TPSA) is 78.0 Å². The van der Waals surface area contributed by atoms with Crippen molar-refractivity contribution in [2.75, 3.05) is 6.54 Å². The van der Waals surface area contributed by atoms with Gasteiger partial charge in [-0.3, -0.25) is 4.79 Å². The van der Waals surface area contributed by atoms with E-state index in [9.17, 15) is 9.90 Å². The van der Waals surface area contributed by atoms with E-state index in [1.54, 1.807) is 4.57 Å². The van der Waals surface area contributed by atoms with E-state index in [1.807, 2.05) is 18.5 Å². The van der Waals surface area contributed by atoms with Crippen molar-refractivity contribution in [3.05, 3.63) is 23.5 Å². The summed E-state index contributed by atoms with van der Waals surface area (Å²) in [5, 5.41) is 20.9. The Balaban J connectivity index is 1.94. The number of nitrogens with zero attached hydrogens (tertiary/aromatic N) is 2. The lowest BCUT2D eigenvalue weighted by atomic mass is 9.93. The molecule has 0 radical (unpaired) electrons. The Morgan fingerprint density at radius 2 is 2.44 bits per heavy atom. The Labute approximate surface area is 106 Å². The molecule has 2 N–H and O–H groups in total. The van der Waals surface area contributed by atoms with E-state index in [-0.39, 0.29) is 12.5 Å². The van der Waals surface area contributed by atoms with Crippen molar-refractivity contribution >= 4 is 5.91 Å². The van der Waals surface area contributed by atoms with Crippen LogP contribution in [0.2, 0.25) is 0 Å². The fraction of sp³-hybridized carbons (Fsp3) is 0.538. The molecule has 2 rings (SSSR count). The smallest absolute Gasteiger partial charge is 0.239 e. The molecule has 0 aromatic carbocycles. The zero-order valence-corrected chi connectivity index (χ0v) is 10.2. The largest absolute Gasteiger partial charge is 0.388 e. The maximum atomic E-state index is 11.6. The number of aliphatic hydroxyl groups is 1. The summed E-state index contributed by atoms with van der Waals surface area (Å²) in [6.07, 6.45) is 6.47. The van der Waals surface area contributed by atoms with Crippen LogP contribution in [0.5, 0.6) is 0 Å². The standard InChI is InChI=1S/C13H17N3O2/c14-5-2-6-15-13(18)9-16-7-10-3-1-4-12(17)11(10)8-16/h7-8,12,17H,1-4,6,9H2,(H,15,18). The molecule has 0 bridgehead atoms. The van der Waals surface area contributed by atoms with Crippen LogP contribution in [0.4, 0.5) is 0 Å². The minimum atomic E-state index is -0.392. The number of rotatable bonds is 4. The minimum Gasteiger partial charge on any atom is -0.388 e. The van der Waals surface area contributed by atoms with Crippen molar-refractivity contribution < 1.29 is 9.90 Å².